The van der Waals surface area contributed by atoms with Gasteiger partial charge in [0.05, 0.1) is 24.8 Å². The first kappa shape index (κ1) is 24.9. The number of anilines is 2. The molecular formula is C25H28N2O6S. The van der Waals surface area contributed by atoms with Crippen LogP contribution in [0.4, 0.5) is 11.4 Å². The number of aryl methyl sites for hydroxylation is 1. The van der Waals surface area contributed by atoms with Crippen LogP contribution in [0, 0.1) is 6.92 Å². The van der Waals surface area contributed by atoms with Crippen LogP contribution in [0.15, 0.2) is 71.6 Å². The molecule has 8 nitrogen and oxygen atoms in total. The van der Waals surface area contributed by atoms with E-state index in [1.54, 1.807) is 43.5 Å². The van der Waals surface area contributed by atoms with Crippen LogP contribution in [0.5, 0.6) is 17.2 Å². The topological polar surface area (TPSA) is 103 Å². The molecule has 2 N–H and O–H groups in total. The molecule has 34 heavy (non-hydrogen) atoms. The molecule has 0 heterocycles. The molecule has 0 bridgehead atoms. The number of hydrogen-bond acceptors (Lipinski definition) is 6. The van der Waals surface area contributed by atoms with Crippen molar-refractivity contribution in [2.75, 3.05) is 24.3 Å². The second kappa shape index (κ2) is 10.9. The summed E-state index contributed by atoms with van der Waals surface area (Å²) in [6.07, 6.45) is -0.265. The number of methoxy groups -OCH3 is 2. The first-order chi connectivity index (χ1) is 16.2. The molecule has 0 unspecified atom stereocenters. The van der Waals surface area contributed by atoms with Crippen LogP contribution in [-0.4, -0.2) is 34.6 Å². The van der Waals surface area contributed by atoms with Crippen molar-refractivity contribution in [2.45, 2.75) is 31.3 Å². The van der Waals surface area contributed by atoms with Crippen molar-refractivity contribution in [1.29, 1.82) is 0 Å². The Labute approximate surface area is 199 Å². The Morgan fingerprint density at radius 3 is 2.15 bits per heavy atom. The Morgan fingerprint density at radius 1 is 0.912 bits per heavy atom. The minimum Gasteiger partial charge on any atom is -0.497 e. The smallest absolute Gasteiger partial charge is 0.265 e. The van der Waals surface area contributed by atoms with E-state index in [9.17, 15) is 13.2 Å². The standard InChI is InChI=1S/C25H28N2O6S/c1-5-23(33-20-11-9-19(31-3)10-12-20)25(28)26-18-7-13-21(14-8-18)34(29,30)27-22-16-17(2)6-15-24(22)32-4/h6-16,23,27H,5H2,1-4H3,(H,26,28)/t23-/m0/s1. The highest BCUT2D eigenvalue weighted by atomic mass is 32.2. The third-order valence-electron chi connectivity index (χ3n) is 5.03. The molecule has 0 saturated carbocycles. The first-order valence-electron chi connectivity index (χ1n) is 10.6. The van der Waals surface area contributed by atoms with Gasteiger partial charge in [-0.05, 0) is 79.6 Å². The van der Waals surface area contributed by atoms with Gasteiger partial charge in [-0.25, -0.2) is 8.42 Å². The summed E-state index contributed by atoms with van der Waals surface area (Å²) in [5.41, 5.74) is 1.69. The van der Waals surface area contributed by atoms with E-state index in [4.69, 9.17) is 14.2 Å². The van der Waals surface area contributed by atoms with E-state index in [0.717, 1.165) is 5.56 Å². The van der Waals surface area contributed by atoms with Crippen LogP contribution in [0.25, 0.3) is 0 Å². The van der Waals surface area contributed by atoms with Crippen molar-refractivity contribution in [2.24, 2.45) is 0 Å². The normalized spacial score (nSPS) is 11.9. The van der Waals surface area contributed by atoms with Gasteiger partial charge in [-0.2, -0.15) is 0 Å². The molecule has 180 valence electrons. The van der Waals surface area contributed by atoms with E-state index in [1.165, 1.54) is 31.4 Å². The van der Waals surface area contributed by atoms with E-state index in [-0.39, 0.29) is 10.8 Å². The third kappa shape index (κ3) is 6.20. The Bertz CT molecular complexity index is 1230. The lowest BCUT2D eigenvalue weighted by molar-refractivity contribution is -0.122. The lowest BCUT2D eigenvalue weighted by Gasteiger charge is -2.18. The lowest BCUT2D eigenvalue weighted by Crippen LogP contribution is -2.32. The van der Waals surface area contributed by atoms with E-state index in [2.05, 4.69) is 10.0 Å². The fourth-order valence-corrected chi connectivity index (χ4v) is 4.25. The Morgan fingerprint density at radius 2 is 1.56 bits per heavy atom. The zero-order valence-electron chi connectivity index (χ0n) is 19.5. The number of benzene rings is 3. The molecule has 0 spiro atoms. The highest BCUT2D eigenvalue weighted by Gasteiger charge is 2.20. The van der Waals surface area contributed by atoms with E-state index < -0.39 is 16.1 Å². The Balaban J connectivity index is 1.68. The van der Waals surface area contributed by atoms with E-state index in [1.807, 2.05) is 19.9 Å². The fourth-order valence-electron chi connectivity index (χ4n) is 3.19. The van der Waals surface area contributed by atoms with E-state index in [0.29, 0.717) is 35.0 Å². The number of amides is 1. The Kier molecular flexibility index (Phi) is 8.01. The summed E-state index contributed by atoms with van der Waals surface area (Å²) >= 11 is 0. The summed E-state index contributed by atoms with van der Waals surface area (Å²) in [7, 11) is -0.805. The molecule has 0 aliphatic rings. The third-order valence-corrected chi connectivity index (χ3v) is 6.41. The zero-order chi connectivity index (χ0) is 24.7. The van der Waals surface area contributed by atoms with Gasteiger partial charge in [-0.15, -0.1) is 0 Å². The number of carbonyl (C=O) groups is 1. The maximum Gasteiger partial charge on any atom is 0.265 e. The van der Waals surface area contributed by atoms with Crippen LogP contribution in [0.3, 0.4) is 0 Å². The van der Waals surface area contributed by atoms with Gasteiger partial charge in [0.15, 0.2) is 6.10 Å². The molecule has 3 aromatic carbocycles. The minimum atomic E-state index is -3.85. The number of hydrogen-bond donors (Lipinski definition) is 2. The van der Waals surface area contributed by atoms with Crippen LogP contribution < -0.4 is 24.2 Å². The molecule has 1 amide bonds. The number of rotatable bonds is 10. The molecule has 0 aliphatic heterocycles. The van der Waals surface area contributed by atoms with Gasteiger partial charge >= 0.3 is 0 Å². The van der Waals surface area contributed by atoms with Gasteiger partial charge in [0.1, 0.15) is 17.2 Å². The summed E-state index contributed by atoms with van der Waals surface area (Å²) in [5, 5.41) is 2.77. The molecule has 1 atom stereocenters. The second-order valence-corrected chi connectivity index (χ2v) is 9.20. The molecule has 3 aromatic rings. The van der Waals surface area contributed by atoms with Gasteiger partial charge < -0.3 is 19.5 Å². The highest BCUT2D eigenvalue weighted by Crippen LogP contribution is 2.28. The highest BCUT2D eigenvalue weighted by molar-refractivity contribution is 7.92. The predicted molar refractivity (Wildman–Crippen MR) is 131 cm³/mol. The number of sulfonamides is 1. The average Bonchev–Trinajstić information content (AvgIpc) is 2.83. The number of nitrogens with one attached hydrogen (secondary N) is 2. The summed E-state index contributed by atoms with van der Waals surface area (Å²) in [6.45, 7) is 3.70. The van der Waals surface area contributed by atoms with Crippen LogP contribution in [-0.2, 0) is 14.8 Å². The first-order valence-corrected chi connectivity index (χ1v) is 12.1. The summed E-state index contributed by atoms with van der Waals surface area (Å²) in [6, 6.07) is 18.1. The largest absolute Gasteiger partial charge is 0.497 e. The lowest BCUT2D eigenvalue weighted by atomic mass is 10.2. The predicted octanol–water partition coefficient (Wildman–Crippen LogP) is 4.61. The zero-order valence-corrected chi connectivity index (χ0v) is 20.3. The fraction of sp³-hybridized carbons (Fsp3) is 0.240. The van der Waals surface area contributed by atoms with Crippen molar-refractivity contribution in [1.82, 2.24) is 0 Å². The van der Waals surface area contributed by atoms with Crippen LogP contribution in [0.2, 0.25) is 0 Å². The molecule has 0 aliphatic carbocycles. The average molecular weight is 485 g/mol. The maximum atomic E-state index is 12.8. The van der Waals surface area contributed by atoms with Crippen molar-refractivity contribution in [3.8, 4) is 17.2 Å². The molecular weight excluding hydrogens is 456 g/mol. The minimum absolute atomic E-state index is 0.0515. The molecule has 0 radical (unpaired) electrons. The van der Waals surface area contributed by atoms with Crippen LogP contribution in [0.1, 0.15) is 18.9 Å². The number of ether oxygens (including phenoxy) is 3. The van der Waals surface area contributed by atoms with Gasteiger partial charge in [0.2, 0.25) is 0 Å². The van der Waals surface area contributed by atoms with E-state index >= 15 is 0 Å². The molecule has 0 aromatic heterocycles. The van der Waals surface area contributed by atoms with Crippen LogP contribution >= 0.6 is 0 Å². The van der Waals surface area contributed by atoms with Crippen molar-refractivity contribution in [3.63, 3.8) is 0 Å². The molecule has 0 saturated heterocycles. The van der Waals surface area contributed by atoms with Gasteiger partial charge in [-0.3, -0.25) is 9.52 Å². The second-order valence-electron chi connectivity index (χ2n) is 7.51. The summed E-state index contributed by atoms with van der Waals surface area (Å²) in [5.74, 6) is 1.31. The molecule has 0 fully saturated rings. The van der Waals surface area contributed by atoms with Crippen molar-refractivity contribution >= 4 is 27.3 Å². The SMILES string of the molecule is CC[C@H](Oc1ccc(OC)cc1)C(=O)Nc1ccc(S(=O)(=O)Nc2cc(C)ccc2OC)cc1. The van der Waals surface area contributed by atoms with Gasteiger partial charge in [-0.1, -0.05) is 13.0 Å². The van der Waals surface area contributed by atoms with Gasteiger partial charge in [0.25, 0.3) is 15.9 Å². The quantitative estimate of drug-likeness (QED) is 0.436. The summed E-state index contributed by atoms with van der Waals surface area (Å²) in [4.78, 5) is 12.7. The molecule has 3 rings (SSSR count). The van der Waals surface area contributed by atoms with Crippen molar-refractivity contribution < 1.29 is 27.4 Å². The van der Waals surface area contributed by atoms with Crippen molar-refractivity contribution in [3.05, 3.63) is 72.3 Å². The van der Waals surface area contributed by atoms with Gasteiger partial charge in [0, 0.05) is 5.69 Å². The summed E-state index contributed by atoms with van der Waals surface area (Å²) < 4.78 is 44.4. The maximum absolute atomic E-state index is 12.8. The molecule has 9 heteroatoms. The Hall–Kier alpha value is -3.72. The number of carbonyl (C=O) groups excluding carboxylic acids is 1. The monoisotopic (exact) mass is 484 g/mol.